The first-order valence-electron chi connectivity index (χ1n) is 5.23. The third-order valence-electron chi connectivity index (χ3n) is 2.26. The Bertz CT molecular complexity index is 439. The average molecular weight is 217 g/mol. The molecule has 0 amide bonds. The van der Waals surface area contributed by atoms with Gasteiger partial charge in [0.2, 0.25) is 0 Å². The molecule has 4 nitrogen and oxygen atoms in total. The Morgan fingerprint density at radius 1 is 1.25 bits per heavy atom. The minimum atomic E-state index is 0.709. The molecular weight excluding hydrogens is 202 g/mol. The van der Waals surface area contributed by atoms with Gasteiger partial charge in [0.25, 0.3) is 0 Å². The fraction of sp³-hybridized carbons (Fsp3) is 0.333. The zero-order valence-corrected chi connectivity index (χ0v) is 9.55. The van der Waals surface area contributed by atoms with E-state index in [2.05, 4.69) is 14.9 Å². The Balaban J connectivity index is 1.92. The van der Waals surface area contributed by atoms with Crippen LogP contribution in [-0.2, 0) is 13.1 Å². The molecule has 0 aromatic carbocycles. The molecule has 0 saturated heterocycles. The van der Waals surface area contributed by atoms with Crippen molar-refractivity contribution in [3.63, 3.8) is 0 Å². The smallest absolute Gasteiger partial charge is 0.191 e. The molecule has 84 valence electrons. The second kappa shape index (κ2) is 4.90. The van der Waals surface area contributed by atoms with Crippen LogP contribution in [0, 0.1) is 6.92 Å². The number of rotatable bonds is 4. The maximum atomic E-state index is 5.16. The van der Waals surface area contributed by atoms with Crippen molar-refractivity contribution in [3.05, 3.63) is 47.9 Å². The fourth-order valence-electron chi connectivity index (χ4n) is 1.58. The quantitative estimate of drug-likeness (QED) is 0.785. The molecule has 2 aromatic heterocycles. The highest BCUT2D eigenvalue weighted by atomic mass is 16.3. The molecule has 0 atom stereocenters. The predicted octanol–water partition coefficient (Wildman–Crippen LogP) is 2.01. The lowest BCUT2D eigenvalue weighted by Crippen LogP contribution is -2.18. The SMILES string of the molecule is Cc1nc(CN(C)Cc2ccccn2)co1. The Morgan fingerprint density at radius 3 is 2.69 bits per heavy atom. The number of aromatic nitrogens is 2. The Kier molecular flexibility index (Phi) is 3.31. The van der Waals surface area contributed by atoms with Crippen LogP contribution in [0.4, 0.5) is 0 Å². The highest BCUT2D eigenvalue weighted by molar-refractivity contribution is 5.03. The molecule has 16 heavy (non-hydrogen) atoms. The first-order chi connectivity index (χ1) is 7.74. The molecule has 0 bridgehead atoms. The molecule has 0 aliphatic rings. The molecule has 0 N–H and O–H groups in total. The van der Waals surface area contributed by atoms with Crippen LogP contribution in [0.25, 0.3) is 0 Å². The molecule has 2 aromatic rings. The summed E-state index contributed by atoms with van der Waals surface area (Å²) in [6.07, 6.45) is 3.51. The van der Waals surface area contributed by atoms with Crippen molar-refractivity contribution in [2.75, 3.05) is 7.05 Å². The van der Waals surface area contributed by atoms with Crippen molar-refractivity contribution in [2.45, 2.75) is 20.0 Å². The molecule has 0 aliphatic heterocycles. The van der Waals surface area contributed by atoms with Gasteiger partial charge in [-0.2, -0.15) is 0 Å². The number of hydrogen-bond acceptors (Lipinski definition) is 4. The van der Waals surface area contributed by atoms with E-state index in [0.717, 1.165) is 24.5 Å². The summed E-state index contributed by atoms with van der Waals surface area (Å²) in [5.41, 5.74) is 2.01. The van der Waals surface area contributed by atoms with E-state index >= 15 is 0 Å². The van der Waals surface area contributed by atoms with Crippen molar-refractivity contribution in [1.82, 2.24) is 14.9 Å². The molecule has 0 spiro atoms. The highest BCUT2D eigenvalue weighted by Gasteiger charge is 2.05. The molecule has 2 heterocycles. The first kappa shape index (κ1) is 10.8. The summed E-state index contributed by atoms with van der Waals surface area (Å²) >= 11 is 0. The largest absolute Gasteiger partial charge is 0.449 e. The van der Waals surface area contributed by atoms with Gasteiger partial charge in [-0.25, -0.2) is 4.98 Å². The van der Waals surface area contributed by atoms with Gasteiger partial charge in [-0.1, -0.05) is 6.07 Å². The monoisotopic (exact) mass is 217 g/mol. The Morgan fingerprint density at radius 2 is 2.06 bits per heavy atom. The Hall–Kier alpha value is -1.68. The van der Waals surface area contributed by atoms with Crippen molar-refractivity contribution >= 4 is 0 Å². The van der Waals surface area contributed by atoms with Crippen LogP contribution in [0.1, 0.15) is 17.3 Å². The zero-order chi connectivity index (χ0) is 11.4. The van der Waals surface area contributed by atoms with Gasteiger partial charge >= 0.3 is 0 Å². The molecular formula is C12H15N3O. The topological polar surface area (TPSA) is 42.2 Å². The van der Waals surface area contributed by atoms with E-state index in [9.17, 15) is 0 Å². The number of nitrogens with zero attached hydrogens (tertiary/aromatic N) is 3. The predicted molar refractivity (Wildman–Crippen MR) is 60.6 cm³/mol. The van der Waals surface area contributed by atoms with E-state index in [4.69, 9.17) is 4.42 Å². The molecule has 0 radical (unpaired) electrons. The summed E-state index contributed by atoms with van der Waals surface area (Å²) < 4.78 is 5.16. The van der Waals surface area contributed by atoms with E-state index < -0.39 is 0 Å². The molecule has 4 heteroatoms. The number of pyridine rings is 1. The summed E-state index contributed by atoms with van der Waals surface area (Å²) in [7, 11) is 2.04. The summed E-state index contributed by atoms with van der Waals surface area (Å²) in [5, 5.41) is 0. The van der Waals surface area contributed by atoms with E-state index in [1.165, 1.54) is 0 Å². The fourth-order valence-corrected chi connectivity index (χ4v) is 1.58. The normalized spacial score (nSPS) is 10.9. The lowest BCUT2D eigenvalue weighted by Gasteiger charge is -2.13. The van der Waals surface area contributed by atoms with Gasteiger partial charge in [0.15, 0.2) is 5.89 Å². The van der Waals surface area contributed by atoms with Crippen molar-refractivity contribution in [2.24, 2.45) is 0 Å². The van der Waals surface area contributed by atoms with Gasteiger partial charge in [0.05, 0.1) is 11.4 Å². The second-order valence-corrected chi connectivity index (χ2v) is 3.85. The maximum absolute atomic E-state index is 5.16. The second-order valence-electron chi connectivity index (χ2n) is 3.85. The van der Waals surface area contributed by atoms with Crippen LogP contribution in [0.15, 0.2) is 35.1 Å². The third-order valence-corrected chi connectivity index (χ3v) is 2.26. The minimum absolute atomic E-state index is 0.709. The molecule has 0 aliphatic carbocycles. The Labute approximate surface area is 94.9 Å². The van der Waals surface area contributed by atoms with Crippen LogP contribution in [-0.4, -0.2) is 21.9 Å². The van der Waals surface area contributed by atoms with E-state index in [-0.39, 0.29) is 0 Å². The summed E-state index contributed by atoms with van der Waals surface area (Å²) in [5.74, 6) is 0.709. The van der Waals surface area contributed by atoms with Gasteiger partial charge in [-0.05, 0) is 19.2 Å². The standard InChI is InChI=1S/C12H15N3O/c1-10-14-12(9-16-10)8-15(2)7-11-5-3-4-6-13-11/h3-6,9H,7-8H2,1-2H3. The van der Waals surface area contributed by atoms with Crippen LogP contribution in [0.2, 0.25) is 0 Å². The zero-order valence-electron chi connectivity index (χ0n) is 9.55. The van der Waals surface area contributed by atoms with Crippen LogP contribution >= 0.6 is 0 Å². The third kappa shape index (κ3) is 2.90. The molecule has 0 saturated carbocycles. The first-order valence-corrected chi connectivity index (χ1v) is 5.23. The lowest BCUT2D eigenvalue weighted by atomic mass is 10.3. The van der Waals surface area contributed by atoms with Crippen molar-refractivity contribution in [1.29, 1.82) is 0 Å². The van der Waals surface area contributed by atoms with Crippen molar-refractivity contribution in [3.8, 4) is 0 Å². The number of aryl methyl sites for hydroxylation is 1. The van der Waals surface area contributed by atoms with Gasteiger partial charge in [-0.15, -0.1) is 0 Å². The van der Waals surface area contributed by atoms with Crippen LogP contribution in [0.5, 0.6) is 0 Å². The van der Waals surface area contributed by atoms with Crippen molar-refractivity contribution < 1.29 is 4.42 Å². The number of oxazole rings is 1. The summed E-state index contributed by atoms with van der Waals surface area (Å²) in [4.78, 5) is 10.7. The molecule has 0 fully saturated rings. The summed E-state index contributed by atoms with van der Waals surface area (Å²) in [6.45, 7) is 3.43. The molecule has 0 unspecified atom stereocenters. The van der Waals surface area contributed by atoms with Crippen LogP contribution in [0.3, 0.4) is 0 Å². The maximum Gasteiger partial charge on any atom is 0.191 e. The average Bonchev–Trinajstić information content (AvgIpc) is 2.65. The molecule has 2 rings (SSSR count). The van der Waals surface area contributed by atoms with Gasteiger partial charge in [-0.3, -0.25) is 9.88 Å². The number of hydrogen-bond donors (Lipinski definition) is 0. The van der Waals surface area contributed by atoms with E-state index in [1.54, 1.807) is 6.26 Å². The van der Waals surface area contributed by atoms with Gasteiger partial charge < -0.3 is 4.42 Å². The van der Waals surface area contributed by atoms with E-state index in [0.29, 0.717) is 5.89 Å². The van der Waals surface area contributed by atoms with Gasteiger partial charge in [0.1, 0.15) is 6.26 Å². The van der Waals surface area contributed by atoms with Gasteiger partial charge in [0, 0.05) is 26.2 Å². The van der Waals surface area contributed by atoms with E-state index in [1.807, 2.05) is 38.4 Å². The van der Waals surface area contributed by atoms with Crippen LogP contribution < -0.4 is 0 Å². The summed E-state index contributed by atoms with van der Waals surface area (Å²) in [6, 6.07) is 5.94. The highest BCUT2D eigenvalue weighted by Crippen LogP contribution is 2.06. The minimum Gasteiger partial charge on any atom is -0.449 e. The lowest BCUT2D eigenvalue weighted by molar-refractivity contribution is 0.311.